The Bertz CT molecular complexity index is 1630. The lowest BCUT2D eigenvalue weighted by Gasteiger charge is -2.21. The number of carbonyl (C=O) groups is 3. The number of aliphatic hydroxyl groups is 1. The van der Waals surface area contributed by atoms with E-state index in [1.54, 1.807) is 0 Å². The van der Waals surface area contributed by atoms with Crippen molar-refractivity contribution < 1.29 is 52.2 Å². The van der Waals surface area contributed by atoms with Crippen LogP contribution in [0.5, 0.6) is 0 Å². The average molecular weight is 997 g/mol. The highest BCUT2D eigenvalue weighted by Gasteiger charge is 2.28. The van der Waals surface area contributed by atoms with Crippen LogP contribution in [-0.4, -0.2) is 66.5 Å². The van der Waals surface area contributed by atoms with Crippen LogP contribution in [0.3, 0.4) is 0 Å². The number of ether oxygens (including phenoxy) is 3. The molecule has 11 nitrogen and oxygen atoms in total. The predicted molar refractivity (Wildman–Crippen MR) is 288 cm³/mol. The van der Waals surface area contributed by atoms with Crippen molar-refractivity contribution in [1.82, 2.24) is 0 Å². The van der Waals surface area contributed by atoms with Gasteiger partial charge >= 0.3 is 25.7 Å². The first-order valence-electron chi connectivity index (χ1n) is 26.4. The molecule has 3 atom stereocenters. The van der Waals surface area contributed by atoms with Gasteiger partial charge in [0, 0.05) is 19.3 Å². The van der Waals surface area contributed by atoms with Gasteiger partial charge in [0.1, 0.15) is 12.7 Å². The van der Waals surface area contributed by atoms with Crippen molar-refractivity contribution >= 4 is 25.7 Å². The molecule has 3 unspecified atom stereocenters. The van der Waals surface area contributed by atoms with E-state index in [0.717, 1.165) is 77.0 Å². The normalized spacial score (nSPS) is 14.4. The molecule has 396 valence electrons. The Kier molecular flexibility index (Phi) is 48.2. The first-order chi connectivity index (χ1) is 34.2. The number of aliphatic hydroxyl groups excluding tert-OH is 1. The SMILES string of the molecule is CC/C=C\C/C=C\C/C=C\C/C=C\C/C=C\C/C=C\CCC(=O)OC(COC(=O)CCCCCCCCCCCCC)COP(=O)(O)OCC(CO)OC(=O)CC/C=C\C/C=C\C/C=C\C/C=C\CC. The molecule has 0 heterocycles. The predicted octanol–water partition coefficient (Wildman–Crippen LogP) is 15.2. The van der Waals surface area contributed by atoms with Crippen molar-refractivity contribution in [3.8, 4) is 0 Å². The van der Waals surface area contributed by atoms with Crippen LogP contribution in [0.25, 0.3) is 0 Å². The van der Waals surface area contributed by atoms with Gasteiger partial charge in [0.2, 0.25) is 0 Å². The molecule has 0 amide bonds. The zero-order valence-electron chi connectivity index (χ0n) is 43.4. The molecule has 0 fully saturated rings. The number of rotatable bonds is 47. The Balaban J connectivity index is 4.92. The zero-order valence-corrected chi connectivity index (χ0v) is 44.3. The van der Waals surface area contributed by atoms with E-state index in [9.17, 15) is 28.9 Å². The summed E-state index contributed by atoms with van der Waals surface area (Å²) in [4.78, 5) is 48.2. The van der Waals surface area contributed by atoms with Crippen LogP contribution >= 0.6 is 7.82 Å². The smallest absolute Gasteiger partial charge is 0.462 e. The van der Waals surface area contributed by atoms with Gasteiger partial charge in [-0.15, -0.1) is 0 Å². The van der Waals surface area contributed by atoms with Gasteiger partial charge in [-0.25, -0.2) is 4.57 Å². The van der Waals surface area contributed by atoms with E-state index < -0.39 is 57.8 Å². The maximum atomic E-state index is 12.8. The fourth-order valence-electron chi connectivity index (χ4n) is 6.45. The molecule has 0 saturated carbocycles. The Morgan fingerprint density at radius 3 is 1.11 bits per heavy atom. The second kappa shape index (κ2) is 51.2. The third kappa shape index (κ3) is 48.9. The molecule has 0 aromatic rings. The second-order valence-electron chi connectivity index (χ2n) is 16.9. The molecule has 2 N–H and O–H groups in total. The molecule has 0 bridgehead atoms. The molecule has 12 heteroatoms. The fraction of sp³-hybridized carbons (Fsp3) is 0.603. The summed E-state index contributed by atoms with van der Waals surface area (Å²) in [7, 11) is -4.79. The third-order valence-corrected chi connectivity index (χ3v) is 11.4. The van der Waals surface area contributed by atoms with Crippen molar-refractivity contribution in [2.75, 3.05) is 26.4 Å². The number of phosphoric ester groups is 1. The molecule has 0 aliphatic heterocycles. The minimum atomic E-state index is -4.79. The fourth-order valence-corrected chi connectivity index (χ4v) is 7.24. The van der Waals surface area contributed by atoms with E-state index in [1.165, 1.54) is 44.9 Å². The van der Waals surface area contributed by atoms with Crippen LogP contribution in [0.1, 0.15) is 188 Å². The molecule has 0 radical (unpaired) electrons. The highest BCUT2D eigenvalue weighted by atomic mass is 31.2. The van der Waals surface area contributed by atoms with Gasteiger partial charge in [0.05, 0.1) is 19.8 Å². The van der Waals surface area contributed by atoms with Crippen LogP contribution in [0.15, 0.2) is 122 Å². The summed E-state index contributed by atoms with van der Waals surface area (Å²) in [5.74, 6) is -1.67. The molecule has 0 aromatic carbocycles. The summed E-state index contributed by atoms with van der Waals surface area (Å²) < 4.78 is 39.2. The lowest BCUT2D eigenvalue weighted by molar-refractivity contribution is -0.161. The molecular formula is C58H93O11P. The van der Waals surface area contributed by atoms with Gasteiger partial charge in [-0.1, -0.05) is 206 Å². The maximum absolute atomic E-state index is 12.8. The molecule has 0 aliphatic carbocycles. The molecule has 0 aromatic heterocycles. The highest BCUT2D eigenvalue weighted by Crippen LogP contribution is 2.43. The van der Waals surface area contributed by atoms with Crippen molar-refractivity contribution in [2.24, 2.45) is 0 Å². The van der Waals surface area contributed by atoms with E-state index in [2.05, 4.69) is 112 Å². The number of carbonyl (C=O) groups excluding carboxylic acids is 3. The topological polar surface area (TPSA) is 155 Å². The van der Waals surface area contributed by atoms with Gasteiger partial charge < -0.3 is 24.2 Å². The number of unbranched alkanes of at least 4 members (excludes halogenated alkanes) is 10. The van der Waals surface area contributed by atoms with E-state index in [1.807, 2.05) is 30.4 Å². The van der Waals surface area contributed by atoms with Crippen LogP contribution in [0, 0.1) is 0 Å². The summed E-state index contributed by atoms with van der Waals surface area (Å²) >= 11 is 0. The quantitative estimate of drug-likeness (QED) is 0.0197. The van der Waals surface area contributed by atoms with Crippen LogP contribution in [0.2, 0.25) is 0 Å². The molecule has 0 spiro atoms. The summed E-state index contributed by atoms with van der Waals surface area (Å²) in [6.45, 7) is 4.20. The lowest BCUT2D eigenvalue weighted by atomic mass is 10.1. The molecule has 0 rings (SSSR count). The average Bonchev–Trinajstić information content (AvgIpc) is 3.35. The number of allylic oxidation sites excluding steroid dienone is 20. The Labute approximate surface area is 424 Å². The molecular weight excluding hydrogens is 904 g/mol. The number of hydrogen-bond donors (Lipinski definition) is 2. The summed E-state index contributed by atoms with van der Waals surface area (Å²) in [5.41, 5.74) is 0. The molecule has 0 saturated heterocycles. The molecule has 0 aliphatic rings. The number of hydrogen-bond acceptors (Lipinski definition) is 10. The minimum absolute atomic E-state index is 0.0322. The second-order valence-corrected chi connectivity index (χ2v) is 18.4. The Hall–Kier alpha value is -4.12. The van der Waals surface area contributed by atoms with E-state index >= 15 is 0 Å². The minimum Gasteiger partial charge on any atom is -0.462 e. The van der Waals surface area contributed by atoms with Gasteiger partial charge in [-0.05, 0) is 83.5 Å². The molecule has 70 heavy (non-hydrogen) atoms. The standard InChI is InChI=1S/C58H93O11P/c1-4-7-10-13-16-19-22-24-25-26-27-28-29-31-34-37-40-43-46-49-58(62)69-55(51-65-56(60)47-44-41-38-35-32-21-18-15-12-9-6-3)53-67-70(63,64)66-52-54(50-59)68-57(61)48-45-42-39-36-33-30-23-20-17-14-11-8-5-2/h7-8,10-11,16-17,19-20,24-25,27-28,30-31,33-34,39-40,42-43,54-55,59H,4-6,9,12-15,18,21-23,26,29,32,35-38,41,44-53H2,1-3H3,(H,63,64)/b10-7-,11-8-,19-16-,20-17-,25-24-,28-27-,33-30-,34-31-,42-39-,43-40-. The highest BCUT2D eigenvalue weighted by molar-refractivity contribution is 7.47. The monoisotopic (exact) mass is 997 g/mol. The van der Waals surface area contributed by atoms with E-state index in [4.69, 9.17) is 23.3 Å². The Morgan fingerprint density at radius 2 is 0.743 bits per heavy atom. The van der Waals surface area contributed by atoms with Crippen LogP contribution in [0.4, 0.5) is 0 Å². The number of phosphoric acid groups is 1. The van der Waals surface area contributed by atoms with Crippen LogP contribution < -0.4 is 0 Å². The third-order valence-electron chi connectivity index (χ3n) is 10.4. The first-order valence-corrected chi connectivity index (χ1v) is 27.9. The Morgan fingerprint density at radius 1 is 0.414 bits per heavy atom. The van der Waals surface area contributed by atoms with Crippen molar-refractivity contribution in [3.63, 3.8) is 0 Å². The van der Waals surface area contributed by atoms with Crippen molar-refractivity contribution in [2.45, 2.75) is 200 Å². The summed E-state index contributed by atoms with van der Waals surface area (Å²) in [5, 5.41) is 9.76. The van der Waals surface area contributed by atoms with Gasteiger partial charge in [0.15, 0.2) is 6.10 Å². The van der Waals surface area contributed by atoms with Gasteiger partial charge in [0.25, 0.3) is 0 Å². The summed E-state index contributed by atoms with van der Waals surface area (Å²) in [6.07, 6.45) is 62.0. The largest absolute Gasteiger partial charge is 0.472 e. The zero-order chi connectivity index (χ0) is 51.3. The lowest BCUT2D eigenvalue weighted by Crippen LogP contribution is -2.30. The van der Waals surface area contributed by atoms with Crippen molar-refractivity contribution in [3.05, 3.63) is 122 Å². The summed E-state index contributed by atoms with van der Waals surface area (Å²) in [6, 6.07) is 0. The van der Waals surface area contributed by atoms with Crippen molar-refractivity contribution in [1.29, 1.82) is 0 Å². The van der Waals surface area contributed by atoms with Gasteiger partial charge in [-0.3, -0.25) is 23.4 Å². The first kappa shape index (κ1) is 65.9. The maximum Gasteiger partial charge on any atom is 0.472 e. The van der Waals surface area contributed by atoms with E-state index in [-0.39, 0.29) is 25.9 Å². The number of esters is 3. The van der Waals surface area contributed by atoms with Gasteiger partial charge in [-0.2, -0.15) is 0 Å². The van der Waals surface area contributed by atoms with Crippen LogP contribution in [-0.2, 0) is 42.2 Å². The van der Waals surface area contributed by atoms with E-state index in [0.29, 0.717) is 25.7 Å².